The van der Waals surface area contributed by atoms with E-state index in [1.165, 1.54) is 30.3 Å². The Morgan fingerprint density at radius 3 is 2.64 bits per heavy atom. The van der Waals surface area contributed by atoms with Crippen LogP contribution in [0.2, 0.25) is 0 Å². The van der Waals surface area contributed by atoms with E-state index >= 15 is 0 Å². The van der Waals surface area contributed by atoms with Gasteiger partial charge in [-0.3, -0.25) is 15.0 Å². The number of hydrogen-bond acceptors (Lipinski definition) is 6. The zero-order valence-corrected chi connectivity index (χ0v) is 13.0. The van der Waals surface area contributed by atoms with Crippen molar-refractivity contribution in [2.45, 2.75) is 6.04 Å². The maximum atomic E-state index is 13.3. The largest absolute Gasteiger partial charge is 0.397 e. The van der Waals surface area contributed by atoms with Crippen LogP contribution in [-0.2, 0) is 4.79 Å². The number of nitrogen functional groups attached to an aromatic ring is 1. The van der Waals surface area contributed by atoms with Crippen molar-refractivity contribution in [3.05, 3.63) is 59.2 Å². The van der Waals surface area contributed by atoms with E-state index in [0.717, 1.165) is 6.07 Å². The maximum Gasteiger partial charge on any atom is 0.270 e. The normalized spacial score (nSPS) is 11.6. The van der Waals surface area contributed by atoms with Gasteiger partial charge in [-0.15, -0.1) is 0 Å². The molecule has 0 saturated heterocycles. The number of aromatic nitrogens is 1. The SMILES string of the molecule is N=C(c1cccc(F)c1)c1nc(C(=O)NC(CO)C(N)=O)ccc1N. The Balaban J connectivity index is 2.32. The lowest BCUT2D eigenvalue weighted by Crippen LogP contribution is -2.47. The minimum Gasteiger partial charge on any atom is -0.397 e. The fourth-order valence-corrected chi connectivity index (χ4v) is 2.02. The van der Waals surface area contributed by atoms with E-state index in [-0.39, 0.29) is 28.4 Å². The summed E-state index contributed by atoms with van der Waals surface area (Å²) in [6.45, 7) is -0.665. The third kappa shape index (κ3) is 4.15. The Kier molecular flexibility index (Phi) is 5.40. The molecular weight excluding hydrogens is 329 g/mol. The Morgan fingerprint density at radius 2 is 2.04 bits per heavy atom. The minimum atomic E-state index is -1.27. The van der Waals surface area contributed by atoms with Gasteiger partial charge in [0.05, 0.1) is 18.0 Å². The molecule has 0 aliphatic rings. The van der Waals surface area contributed by atoms with Gasteiger partial charge >= 0.3 is 0 Å². The molecule has 0 spiro atoms. The lowest BCUT2D eigenvalue weighted by molar-refractivity contribution is -0.120. The molecule has 7 N–H and O–H groups in total. The van der Waals surface area contributed by atoms with Gasteiger partial charge in [0.25, 0.3) is 5.91 Å². The Bertz CT molecular complexity index is 840. The smallest absolute Gasteiger partial charge is 0.270 e. The molecule has 0 aliphatic carbocycles. The predicted molar refractivity (Wildman–Crippen MR) is 88.5 cm³/mol. The molecule has 8 nitrogen and oxygen atoms in total. The molecule has 0 radical (unpaired) electrons. The second-order valence-electron chi connectivity index (χ2n) is 5.13. The molecule has 9 heteroatoms. The van der Waals surface area contributed by atoms with Crippen LogP contribution in [0.1, 0.15) is 21.7 Å². The number of amides is 2. The molecule has 2 amide bonds. The van der Waals surface area contributed by atoms with Crippen molar-refractivity contribution in [3.63, 3.8) is 0 Å². The van der Waals surface area contributed by atoms with Crippen molar-refractivity contribution < 1.29 is 19.1 Å². The van der Waals surface area contributed by atoms with Crippen molar-refractivity contribution in [1.29, 1.82) is 5.41 Å². The number of nitrogens with one attached hydrogen (secondary N) is 2. The van der Waals surface area contributed by atoms with Crippen molar-refractivity contribution >= 4 is 23.2 Å². The Labute approximate surface area is 142 Å². The van der Waals surface area contributed by atoms with Crippen LogP contribution < -0.4 is 16.8 Å². The number of primary amides is 1. The topological polar surface area (TPSA) is 155 Å². The number of aliphatic hydroxyl groups excluding tert-OH is 1. The average molecular weight is 345 g/mol. The highest BCUT2D eigenvalue weighted by Crippen LogP contribution is 2.16. The first-order valence-corrected chi connectivity index (χ1v) is 7.16. The van der Waals surface area contributed by atoms with E-state index in [0.29, 0.717) is 0 Å². The van der Waals surface area contributed by atoms with Crippen LogP contribution in [0.3, 0.4) is 0 Å². The molecule has 1 atom stereocenters. The van der Waals surface area contributed by atoms with E-state index in [2.05, 4.69) is 10.3 Å². The van der Waals surface area contributed by atoms with Gasteiger partial charge in [0, 0.05) is 5.56 Å². The number of halogens is 1. The zero-order valence-electron chi connectivity index (χ0n) is 13.0. The van der Waals surface area contributed by atoms with Gasteiger partial charge in [-0.25, -0.2) is 9.37 Å². The molecule has 0 bridgehead atoms. The number of pyridine rings is 1. The van der Waals surface area contributed by atoms with Crippen LogP contribution in [0.25, 0.3) is 0 Å². The van der Waals surface area contributed by atoms with E-state index < -0.39 is 30.3 Å². The van der Waals surface area contributed by atoms with Crippen LogP contribution in [0.4, 0.5) is 10.1 Å². The van der Waals surface area contributed by atoms with Gasteiger partial charge in [-0.1, -0.05) is 12.1 Å². The summed E-state index contributed by atoms with van der Waals surface area (Å²) in [5.74, 6) is -2.20. The third-order valence-corrected chi connectivity index (χ3v) is 3.34. The van der Waals surface area contributed by atoms with Gasteiger partial charge in [0.15, 0.2) is 0 Å². The summed E-state index contributed by atoms with van der Waals surface area (Å²) in [6.07, 6.45) is 0. The van der Waals surface area contributed by atoms with Crippen LogP contribution >= 0.6 is 0 Å². The van der Waals surface area contributed by atoms with Crippen molar-refractivity contribution in [2.24, 2.45) is 5.73 Å². The average Bonchev–Trinajstić information content (AvgIpc) is 2.59. The van der Waals surface area contributed by atoms with E-state index in [1.54, 1.807) is 0 Å². The van der Waals surface area contributed by atoms with Crippen LogP contribution in [0, 0.1) is 11.2 Å². The molecule has 2 aromatic rings. The van der Waals surface area contributed by atoms with E-state index in [9.17, 15) is 14.0 Å². The first kappa shape index (κ1) is 18.0. The Morgan fingerprint density at radius 1 is 1.32 bits per heavy atom. The maximum absolute atomic E-state index is 13.3. The predicted octanol–water partition coefficient (Wildman–Crippen LogP) is -0.205. The number of anilines is 1. The molecule has 1 heterocycles. The summed E-state index contributed by atoms with van der Waals surface area (Å²) in [5.41, 5.74) is 10.9. The van der Waals surface area contributed by atoms with E-state index in [1.807, 2.05) is 0 Å². The quantitative estimate of drug-likeness (QED) is 0.458. The van der Waals surface area contributed by atoms with Gasteiger partial charge < -0.3 is 21.9 Å². The monoisotopic (exact) mass is 345 g/mol. The summed E-state index contributed by atoms with van der Waals surface area (Å²) in [6, 6.07) is 6.71. The van der Waals surface area contributed by atoms with Crippen LogP contribution in [0.15, 0.2) is 36.4 Å². The van der Waals surface area contributed by atoms with Crippen molar-refractivity contribution in [2.75, 3.05) is 12.3 Å². The molecule has 2 rings (SSSR count). The number of benzene rings is 1. The lowest BCUT2D eigenvalue weighted by Gasteiger charge is -2.13. The van der Waals surface area contributed by atoms with Crippen LogP contribution in [-0.4, -0.2) is 40.3 Å². The van der Waals surface area contributed by atoms with Crippen molar-refractivity contribution in [3.8, 4) is 0 Å². The summed E-state index contributed by atoms with van der Waals surface area (Å²) in [7, 11) is 0. The zero-order chi connectivity index (χ0) is 18.6. The third-order valence-electron chi connectivity index (χ3n) is 3.34. The molecule has 25 heavy (non-hydrogen) atoms. The van der Waals surface area contributed by atoms with Gasteiger partial charge in [0.1, 0.15) is 23.2 Å². The summed E-state index contributed by atoms with van der Waals surface area (Å²) < 4.78 is 13.3. The number of nitrogens with two attached hydrogens (primary N) is 2. The molecule has 0 aliphatic heterocycles. The number of rotatable bonds is 6. The molecule has 0 fully saturated rings. The standard InChI is InChI=1S/C16H16FN5O3/c17-9-3-1-2-8(6-9)13(19)14-10(18)4-5-11(21-14)16(25)22-12(7-23)15(20)24/h1-6,12,19,23H,7,18H2,(H2,20,24)(H,22,25). The lowest BCUT2D eigenvalue weighted by atomic mass is 10.1. The highest BCUT2D eigenvalue weighted by Gasteiger charge is 2.20. The summed E-state index contributed by atoms with van der Waals surface area (Å²) in [5, 5.41) is 19.4. The Hall–Kier alpha value is -3.33. The molecule has 130 valence electrons. The van der Waals surface area contributed by atoms with Crippen LogP contribution in [0.5, 0.6) is 0 Å². The fourth-order valence-electron chi connectivity index (χ4n) is 2.02. The first-order chi connectivity index (χ1) is 11.8. The van der Waals surface area contributed by atoms with Crippen molar-refractivity contribution in [1.82, 2.24) is 10.3 Å². The number of carbonyl (C=O) groups is 2. The minimum absolute atomic E-state index is 0.0159. The number of aliphatic hydroxyl groups is 1. The number of nitrogens with zero attached hydrogens (tertiary/aromatic N) is 1. The number of hydrogen-bond donors (Lipinski definition) is 5. The highest BCUT2D eigenvalue weighted by molar-refractivity contribution is 6.13. The van der Waals surface area contributed by atoms with Gasteiger partial charge in [-0.2, -0.15) is 0 Å². The molecule has 0 saturated carbocycles. The van der Waals surface area contributed by atoms with Gasteiger partial charge in [-0.05, 0) is 24.3 Å². The number of carbonyl (C=O) groups excluding carboxylic acids is 2. The highest BCUT2D eigenvalue weighted by atomic mass is 19.1. The second kappa shape index (κ2) is 7.49. The molecule has 1 aromatic carbocycles. The fraction of sp³-hybridized carbons (Fsp3) is 0.125. The first-order valence-electron chi connectivity index (χ1n) is 7.16. The van der Waals surface area contributed by atoms with E-state index in [4.69, 9.17) is 22.0 Å². The summed E-state index contributed by atoms with van der Waals surface area (Å²) in [4.78, 5) is 27.2. The summed E-state index contributed by atoms with van der Waals surface area (Å²) >= 11 is 0. The second-order valence-corrected chi connectivity index (χ2v) is 5.13. The van der Waals surface area contributed by atoms with Gasteiger partial charge in [0.2, 0.25) is 5.91 Å². The molecule has 1 aromatic heterocycles. The molecular formula is C16H16FN5O3. The molecule has 1 unspecified atom stereocenters.